The highest BCUT2D eigenvalue weighted by Crippen LogP contribution is 1.84. The molecular formula is C4H12ClNO2. The number of primary amides is 1. The molecule has 0 fully saturated rings. The molecule has 0 bridgehead atoms. The Morgan fingerprint density at radius 1 is 1.50 bits per heavy atom. The van der Waals surface area contributed by atoms with Crippen LogP contribution in [0.25, 0.3) is 0 Å². The van der Waals surface area contributed by atoms with Crippen LogP contribution in [0, 0.1) is 5.92 Å². The third kappa shape index (κ3) is 9.21. The van der Waals surface area contributed by atoms with Crippen molar-refractivity contribution in [2.24, 2.45) is 11.7 Å². The standard InChI is InChI=1S/C4H9NO.ClH.H2O/c1-3(2)4(5)6;;/h3H,1-2H3,(H2,5,6);1H;1H2. The van der Waals surface area contributed by atoms with E-state index in [-0.39, 0.29) is 29.7 Å². The molecule has 0 atom stereocenters. The van der Waals surface area contributed by atoms with Gasteiger partial charge in [0.2, 0.25) is 5.91 Å². The Hall–Kier alpha value is -0.280. The highest BCUT2D eigenvalue weighted by atomic mass is 35.5. The molecule has 0 aromatic heterocycles. The van der Waals surface area contributed by atoms with E-state index in [1.54, 1.807) is 13.8 Å². The summed E-state index contributed by atoms with van der Waals surface area (Å²) < 4.78 is 0. The Labute approximate surface area is 55.0 Å². The van der Waals surface area contributed by atoms with Crippen LogP contribution in [0.15, 0.2) is 0 Å². The monoisotopic (exact) mass is 141 g/mol. The topological polar surface area (TPSA) is 74.6 Å². The van der Waals surface area contributed by atoms with Crippen molar-refractivity contribution >= 4 is 18.3 Å². The average molecular weight is 142 g/mol. The number of halogens is 1. The minimum Gasteiger partial charge on any atom is -0.412 e. The summed E-state index contributed by atoms with van der Waals surface area (Å²) >= 11 is 0. The van der Waals surface area contributed by atoms with Crippen molar-refractivity contribution in [3.63, 3.8) is 0 Å². The van der Waals surface area contributed by atoms with Crippen LogP contribution in [0.3, 0.4) is 0 Å². The molecule has 0 radical (unpaired) electrons. The summed E-state index contributed by atoms with van der Waals surface area (Å²) in [7, 11) is 0. The molecule has 0 spiro atoms. The molecule has 8 heavy (non-hydrogen) atoms. The molecule has 52 valence electrons. The Balaban J connectivity index is -0.000000125. The third-order valence-electron chi connectivity index (χ3n) is 0.569. The summed E-state index contributed by atoms with van der Waals surface area (Å²) in [6.45, 7) is 3.53. The smallest absolute Gasteiger partial charge is 0.219 e. The number of rotatable bonds is 1. The number of hydrogen-bond acceptors (Lipinski definition) is 1. The second-order valence-corrected chi connectivity index (χ2v) is 1.56. The average Bonchev–Trinajstić information content (AvgIpc) is 1.36. The van der Waals surface area contributed by atoms with Crippen LogP contribution in [-0.4, -0.2) is 11.4 Å². The SMILES string of the molecule is CC(C)C(N)=O.Cl.O. The predicted octanol–water partition coefficient (Wildman–Crippen LogP) is -0.275. The van der Waals surface area contributed by atoms with E-state index >= 15 is 0 Å². The van der Waals surface area contributed by atoms with E-state index in [0.717, 1.165) is 0 Å². The Bertz CT molecular complexity index is 65.1. The molecule has 3 nitrogen and oxygen atoms in total. The molecule has 0 saturated carbocycles. The van der Waals surface area contributed by atoms with Crippen LogP contribution in [-0.2, 0) is 4.79 Å². The molecule has 0 saturated heterocycles. The highest BCUT2D eigenvalue weighted by Gasteiger charge is 1.96. The van der Waals surface area contributed by atoms with E-state index in [1.807, 2.05) is 0 Å². The van der Waals surface area contributed by atoms with Crippen molar-refractivity contribution in [1.29, 1.82) is 0 Å². The first-order chi connectivity index (χ1) is 2.64. The zero-order valence-electron chi connectivity index (χ0n) is 4.97. The second-order valence-electron chi connectivity index (χ2n) is 1.56. The second kappa shape index (κ2) is 6.72. The van der Waals surface area contributed by atoms with Gasteiger partial charge < -0.3 is 11.2 Å². The lowest BCUT2D eigenvalue weighted by Crippen LogP contribution is -2.17. The van der Waals surface area contributed by atoms with Crippen molar-refractivity contribution in [2.75, 3.05) is 0 Å². The minimum absolute atomic E-state index is 0. The molecule has 0 aliphatic carbocycles. The normalized spacial score (nSPS) is 6.88. The summed E-state index contributed by atoms with van der Waals surface area (Å²) in [6.07, 6.45) is 0. The van der Waals surface area contributed by atoms with E-state index < -0.39 is 0 Å². The lowest BCUT2D eigenvalue weighted by molar-refractivity contribution is -0.120. The van der Waals surface area contributed by atoms with Gasteiger partial charge >= 0.3 is 0 Å². The molecule has 0 aliphatic heterocycles. The van der Waals surface area contributed by atoms with E-state index in [9.17, 15) is 4.79 Å². The lowest BCUT2D eigenvalue weighted by Gasteiger charge is -1.90. The first-order valence-corrected chi connectivity index (χ1v) is 1.94. The minimum atomic E-state index is -0.241. The zero-order valence-corrected chi connectivity index (χ0v) is 5.79. The fourth-order valence-electron chi connectivity index (χ4n) is 0. The summed E-state index contributed by atoms with van der Waals surface area (Å²) in [5.74, 6) is -0.250. The maximum absolute atomic E-state index is 9.92. The van der Waals surface area contributed by atoms with Crippen molar-refractivity contribution in [3.05, 3.63) is 0 Å². The van der Waals surface area contributed by atoms with Crippen LogP contribution < -0.4 is 5.73 Å². The number of amides is 1. The Morgan fingerprint density at radius 2 is 1.62 bits per heavy atom. The fourth-order valence-corrected chi connectivity index (χ4v) is 0. The highest BCUT2D eigenvalue weighted by molar-refractivity contribution is 5.85. The lowest BCUT2D eigenvalue weighted by atomic mass is 10.2. The number of carbonyl (C=O) groups excluding carboxylic acids is 1. The van der Waals surface area contributed by atoms with Crippen molar-refractivity contribution in [2.45, 2.75) is 13.8 Å². The van der Waals surface area contributed by atoms with Gasteiger partial charge in [-0.1, -0.05) is 13.8 Å². The Morgan fingerprint density at radius 3 is 1.62 bits per heavy atom. The van der Waals surface area contributed by atoms with Gasteiger partial charge in [-0.15, -0.1) is 12.4 Å². The predicted molar refractivity (Wildman–Crippen MR) is 34.9 cm³/mol. The van der Waals surface area contributed by atoms with Crippen LogP contribution in [0.1, 0.15) is 13.8 Å². The van der Waals surface area contributed by atoms with Crippen molar-refractivity contribution in [1.82, 2.24) is 0 Å². The molecule has 4 N–H and O–H groups in total. The largest absolute Gasteiger partial charge is 0.412 e. The van der Waals surface area contributed by atoms with E-state index in [2.05, 4.69) is 0 Å². The van der Waals surface area contributed by atoms with Gasteiger partial charge in [-0.3, -0.25) is 4.79 Å². The number of carbonyl (C=O) groups is 1. The van der Waals surface area contributed by atoms with Gasteiger partial charge in [0.15, 0.2) is 0 Å². The number of nitrogens with two attached hydrogens (primary N) is 1. The zero-order chi connectivity index (χ0) is 5.15. The van der Waals surface area contributed by atoms with E-state index in [4.69, 9.17) is 5.73 Å². The summed E-state index contributed by atoms with van der Waals surface area (Å²) in [4.78, 5) is 9.92. The maximum Gasteiger partial charge on any atom is 0.219 e. The first kappa shape index (κ1) is 15.6. The van der Waals surface area contributed by atoms with Gasteiger partial charge in [-0.2, -0.15) is 0 Å². The van der Waals surface area contributed by atoms with E-state index in [0.29, 0.717) is 0 Å². The van der Waals surface area contributed by atoms with Gasteiger partial charge in [0.05, 0.1) is 0 Å². The van der Waals surface area contributed by atoms with Crippen LogP contribution in [0.4, 0.5) is 0 Å². The first-order valence-electron chi connectivity index (χ1n) is 1.94. The molecule has 0 rings (SSSR count). The van der Waals surface area contributed by atoms with Gasteiger partial charge in [0.1, 0.15) is 0 Å². The van der Waals surface area contributed by atoms with Gasteiger partial charge in [-0.05, 0) is 0 Å². The molecule has 0 aromatic rings. The van der Waals surface area contributed by atoms with Gasteiger partial charge in [-0.25, -0.2) is 0 Å². The molecular weight excluding hydrogens is 130 g/mol. The van der Waals surface area contributed by atoms with Crippen molar-refractivity contribution < 1.29 is 10.3 Å². The number of hydrogen-bond donors (Lipinski definition) is 1. The molecule has 0 aliphatic rings. The molecule has 0 unspecified atom stereocenters. The molecule has 4 heteroatoms. The van der Waals surface area contributed by atoms with Crippen LogP contribution in [0.5, 0.6) is 0 Å². The molecule has 0 heterocycles. The quantitative estimate of drug-likeness (QED) is 0.536. The van der Waals surface area contributed by atoms with Crippen molar-refractivity contribution in [3.8, 4) is 0 Å². The van der Waals surface area contributed by atoms with Gasteiger partial charge in [0, 0.05) is 5.92 Å². The summed E-state index contributed by atoms with van der Waals surface area (Å²) in [6, 6.07) is 0. The van der Waals surface area contributed by atoms with Crippen LogP contribution >= 0.6 is 12.4 Å². The van der Waals surface area contributed by atoms with Gasteiger partial charge in [0.25, 0.3) is 0 Å². The molecule has 0 aromatic carbocycles. The molecule has 1 amide bonds. The van der Waals surface area contributed by atoms with E-state index in [1.165, 1.54) is 0 Å². The Kier molecular flexibility index (Phi) is 13.1. The van der Waals surface area contributed by atoms with Crippen LogP contribution in [0.2, 0.25) is 0 Å². The summed E-state index contributed by atoms with van der Waals surface area (Å²) in [5, 5.41) is 0. The third-order valence-corrected chi connectivity index (χ3v) is 0.569. The fraction of sp³-hybridized carbons (Fsp3) is 0.750. The maximum atomic E-state index is 9.92. The summed E-state index contributed by atoms with van der Waals surface area (Å²) in [5.41, 5.74) is 4.80.